The number of rotatable bonds is 6. The number of likely N-dealkylation sites (N-methyl/N-ethyl adjacent to an activating group) is 1. The van der Waals surface area contributed by atoms with Crippen molar-refractivity contribution in [1.82, 2.24) is 15.3 Å². The van der Waals surface area contributed by atoms with Gasteiger partial charge in [-0.15, -0.1) is 0 Å². The third kappa shape index (κ3) is 3.83. The highest BCUT2D eigenvalue weighted by atomic mass is 14.9. The lowest BCUT2D eigenvalue weighted by atomic mass is 10.1. The summed E-state index contributed by atoms with van der Waals surface area (Å²) in [5, 5.41) is 3.47. The third-order valence-corrected chi connectivity index (χ3v) is 2.23. The van der Waals surface area contributed by atoms with Gasteiger partial charge in [0.25, 0.3) is 0 Å². The summed E-state index contributed by atoms with van der Waals surface area (Å²) in [6.07, 6.45) is 6.84. The molecule has 1 N–H and O–H groups in total. The lowest BCUT2D eigenvalue weighted by Crippen LogP contribution is -2.31. The zero-order valence-corrected chi connectivity index (χ0v) is 9.03. The number of nitrogens with zero attached hydrogens (tertiary/aromatic N) is 2. The molecule has 1 atom stereocenters. The molecule has 0 bridgehead atoms. The maximum atomic E-state index is 4.23. The Labute approximate surface area is 86.0 Å². The van der Waals surface area contributed by atoms with Crippen molar-refractivity contribution in [3.05, 3.63) is 24.3 Å². The number of hydrogen-bond acceptors (Lipinski definition) is 3. The predicted molar refractivity (Wildman–Crippen MR) is 58.1 cm³/mol. The number of nitrogens with one attached hydrogen (secondary N) is 1. The van der Waals surface area contributed by atoms with Crippen LogP contribution in [0.5, 0.6) is 0 Å². The molecule has 3 heteroatoms. The van der Waals surface area contributed by atoms with Crippen molar-refractivity contribution in [3.63, 3.8) is 0 Å². The van der Waals surface area contributed by atoms with E-state index in [9.17, 15) is 0 Å². The van der Waals surface area contributed by atoms with Crippen LogP contribution in [-0.2, 0) is 6.42 Å². The monoisotopic (exact) mass is 193 g/mol. The van der Waals surface area contributed by atoms with Crippen molar-refractivity contribution in [2.45, 2.75) is 39.2 Å². The van der Waals surface area contributed by atoms with Gasteiger partial charge >= 0.3 is 0 Å². The van der Waals surface area contributed by atoms with Crippen LogP contribution in [0.2, 0.25) is 0 Å². The van der Waals surface area contributed by atoms with Gasteiger partial charge in [-0.05, 0) is 19.0 Å². The topological polar surface area (TPSA) is 37.8 Å². The summed E-state index contributed by atoms with van der Waals surface area (Å²) in [5.74, 6) is 0. The minimum atomic E-state index is 0.555. The average molecular weight is 193 g/mol. The maximum Gasteiger partial charge on any atom is 0.115 e. The van der Waals surface area contributed by atoms with Crippen LogP contribution < -0.4 is 5.32 Å². The van der Waals surface area contributed by atoms with Gasteiger partial charge in [-0.2, -0.15) is 0 Å². The zero-order chi connectivity index (χ0) is 10.2. The van der Waals surface area contributed by atoms with E-state index in [1.807, 2.05) is 6.07 Å². The van der Waals surface area contributed by atoms with Crippen LogP contribution in [-0.4, -0.2) is 22.6 Å². The molecule has 0 aliphatic carbocycles. The summed E-state index contributed by atoms with van der Waals surface area (Å²) < 4.78 is 0. The standard InChI is InChI=1S/C11H19N3/c1-3-5-10(13-4-2)8-11-6-7-12-9-14-11/h6-7,9-10,13H,3-5,8H2,1-2H3. The van der Waals surface area contributed by atoms with E-state index in [1.165, 1.54) is 12.8 Å². The van der Waals surface area contributed by atoms with E-state index in [0.717, 1.165) is 18.7 Å². The Bertz CT molecular complexity index is 230. The van der Waals surface area contributed by atoms with Crippen LogP contribution in [0.1, 0.15) is 32.4 Å². The Morgan fingerprint density at radius 1 is 1.43 bits per heavy atom. The fourth-order valence-electron chi connectivity index (χ4n) is 1.60. The Balaban J connectivity index is 2.46. The van der Waals surface area contributed by atoms with Crippen molar-refractivity contribution in [2.24, 2.45) is 0 Å². The smallest absolute Gasteiger partial charge is 0.115 e. The van der Waals surface area contributed by atoms with Crippen LogP contribution in [0.4, 0.5) is 0 Å². The molecule has 14 heavy (non-hydrogen) atoms. The molecule has 78 valence electrons. The Hall–Kier alpha value is -0.960. The normalized spacial score (nSPS) is 12.7. The molecule has 0 radical (unpaired) electrons. The Morgan fingerprint density at radius 3 is 2.86 bits per heavy atom. The van der Waals surface area contributed by atoms with Crippen molar-refractivity contribution >= 4 is 0 Å². The summed E-state index contributed by atoms with van der Waals surface area (Å²) >= 11 is 0. The number of aromatic nitrogens is 2. The van der Waals surface area contributed by atoms with Crippen LogP contribution in [0.3, 0.4) is 0 Å². The van der Waals surface area contributed by atoms with Crippen LogP contribution in [0.25, 0.3) is 0 Å². The second-order valence-electron chi connectivity index (χ2n) is 3.45. The Morgan fingerprint density at radius 2 is 2.29 bits per heavy atom. The first-order chi connectivity index (χ1) is 6.86. The first-order valence-electron chi connectivity index (χ1n) is 5.35. The van der Waals surface area contributed by atoms with Gasteiger partial charge in [0.2, 0.25) is 0 Å². The summed E-state index contributed by atoms with van der Waals surface area (Å²) in [4.78, 5) is 8.15. The van der Waals surface area contributed by atoms with E-state index in [0.29, 0.717) is 6.04 Å². The van der Waals surface area contributed by atoms with Crippen LogP contribution >= 0.6 is 0 Å². The molecular weight excluding hydrogens is 174 g/mol. The highest BCUT2D eigenvalue weighted by Gasteiger charge is 2.07. The molecule has 0 aliphatic rings. The summed E-state index contributed by atoms with van der Waals surface area (Å²) in [7, 11) is 0. The molecule has 0 saturated heterocycles. The SMILES string of the molecule is CCCC(Cc1ccncn1)NCC. The molecule has 1 aromatic heterocycles. The van der Waals surface area contributed by atoms with Crippen LogP contribution in [0, 0.1) is 0 Å². The van der Waals surface area contributed by atoms with E-state index in [2.05, 4.69) is 29.1 Å². The molecule has 0 spiro atoms. The third-order valence-electron chi connectivity index (χ3n) is 2.23. The van der Waals surface area contributed by atoms with Crippen molar-refractivity contribution in [2.75, 3.05) is 6.54 Å². The lowest BCUT2D eigenvalue weighted by molar-refractivity contribution is 0.481. The summed E-state index contributed by atoms with van der Waals surface area (Å²) in [6, 6.07) is 2.54. The first-order valence-corrected chi connectivity index (χ1v) is 5.35. The van der Waals surface area contributed by atoms with Gasteiger partial charge < -0.3 is 5.32 Å². The zero-order valence-electron chi connectivity index (χ0n) is 9.03. The van der Waals surface area contributed by atoms with Gasteiger partial charge in [0.15, 0.2) is 0 Å². The van der Waals surface area contributed by atoms with E-state index < -0.39 is 0 Å². The fraction of sp³-hybridized carbons (Fsp3) is 0.636. The lowest BCUT2D eigenvalue weighted by Gasteiger charge is -2.16. The largest absolute Gasteiger partial charge is 0.314 e. The average Bonchev–Trinajstić information content (AvgIpc) is 2.20. The van der Waals surface area contributed by atoms with E-state index in [4.69, 9.17) is 0 Å². The highest BCUT2D eigenvalue weighted by Crippen LogP contribution is 2.04. The van der Waals surface area contributed by atoms with Gasteiger partial charge in [0, 0.05) is 24.4 Å². The first kappa shape index (κ1) is 11.1. The molecule has 0 aromatic carbocycles. The molecule has 3 nitrogen and oxygen atoms in total. The fourth-order valence-corrected chi connectivity index (χ4v) is 1.60. The molecular formula is C11H19N3. The Kier molecular flexibility index (Phi) is 5.15. The van der Waals surface area contributed by atoms with Gasteiger partial charge in [0.05, 0.1) is 0 Å². The van der Waals surface area contributed by atoms with E-state index >= 15 is 0 Å². The minimum absolute atomic E-state index is 0.555. The predicted octanol–water partition coefficient (Wildman–Crippen LogP) is 1.80. The molecule has 0 amide bonds. The minimum Gasteiger partial charge on any atom is -0.314 e. The maximum absolute atomic E-state index is 4.23. The molecule has 0 saturated carbocycles. The second kappa shape index (κ2) is 6.49. The van der Waals surface area contributed by atoms with Crippen molar-refractivity contribution < 1.29 is 0 Å². The molecule has 1 heterocycles. The molecule has 0 aliphatic heterocycles. The van der Waals surface area contributed by atoms with Gasteiger partial charge in [-0.1, -0.05) is 20.3 Å². The highest BCUT2D eigenvalue weighted by molar-refractivity contribution is 5.00. The number of hydrogen-bond donors (Lipinski definition) is 1. The van der Waals surface area contributed by atoms with Crippen molar-refractivity contribution in [1.29, 1.82) is 0 Å². The van der Waals surface area contributed by atoms with Gasteiger partial charge in [-0.3, -0.25) is 0 Å². The molecule has 1 unspecified atom stereocenters. The van der Waals surface area contributed by atoms with Crippen molar-refractivity contribution in [3.8, 4) is 0 Å². The summed E-state index contributed by atoms with van der Waals surface area (Å²) in [5.41, 5.74) is 1.12. The molecule has 1 aromatic rings. The molecule has 1 rings (SSSR count). The van der Waals surface area contributed by atoms with E-state index in [1.54, 1.807) is 12.5 Å². The van der Waals surface area contributed by atoms with Gasteiger partial charge in [0.1, 0.15) is 6.33 Å². The van der Waals surface area contributed by atoms with Gasteiger partial charge in [-0.25, -0.2) is 9.97 Å². The van der Waals surface area contributed by atoms with Crippen LogP contribution in [0.15, 0.2) is 18.6 Å². The quantitative estimate of drug-likeness (QED) is 0.748. The van der Waals surface area contributed by atoms with E-state index in [-0.39, 0.29) is 0 Å². The summed E-state index contributed by atoms with van der Waals surface area (Å²) in [6.45, 7) is 5.38. The molecule has 0 fully saturated rings. The second-order valence-corrected chi connectivity index (χ2v) is 3.45.